The lowest BCUT2D eigenvalue weighted by Gasteiger charge is -2.22. The molecule has 0 bridgehead atoms. The minimum atomic E-state index is -0.756. The van der Waals surface area contributed by atoms with Crippen molar-refractivity contribution in [2.24, 2.45) is 0 Å². The molecular formula is C11H15N3O2. The lowest BCUT2D eigenvalue weighted by Crippen LogP contribution is -2.27. The molecule has 0 aromatic heterocycles. The highest BCUT2D eigenvalue weighted by molar-refractivity contribution is 5.94. The number of nitriles is 2. The molecule has 5 nitrogen and oxygen atoms in total. The van der Waals surface area contributed by atoms with Gasteiger partial charge >= 0.3 is 5.97 Å². The number of nitrogens with zero attached hydrogens (tertiary/aromatic N) is 3. The van der Waals surface area contributed by atoms with E-state index >= 15 is 0 Å². The molecule has 0 aliphatic rings. The van der Waals surface area contributed by atoms with Crippen LogP contribution in [-0.4, -0.2) is 30.6 Å². The van der Waals surface area contributed by atoms with E-state index in [9.17, 15) is 4.79 Å². The molecule has 0 aromatic rings. The average Bonchev–Trinajstić information content (AvgIpc) is 2.24. The molecule has 0 rings (SSSR count). The molecule has 16 heavy (non-hydrogen) atoms. The van der Waals surface area contributed by atoms with Crippen LogP contribution >= 0.6 is 0 Å². The summed E-state index contributed by atoms with van der Waals surface area (Å²) in [4.78, 5) is 13.0. The van der Waals surface area contributed by atoms with Crippen molar-refractivity contribution in [1.82, 2.24) is 4.90 Å². The molecule has 0 amide bonds. The second kappa shape index (κ2) is 6.47. The summed E-state index contributed by atoms with van der Waals surface area (Å²) in [6.07, 6.45) is 0. The van der Waals surface area contributed by atoms with Gasteiger partial charge in [-0.2, -0.15) is 10.5 Å². The fourth-order valence-electron chi connectivity index (χ4n) is 0.968. The SMILES string of the molecule is CCOC(=O)/C(C#N)=C(/C#N)N(C)C(C)C. The van der Waals surface area contributed by atoms with Crippen LogP contribution in [-0.2, 0) is 9.53 Å². The number of carbonyl (C=O) groups is 1. The van der Waals surface area contributed by atoms with Gasteiger partial charge in [-0.1, -0.05) is 0 Å². The third kappa shape index (κ3) is 3.29. The van der Waals surface area contributed by atoms with Gasteiger partial charge in [0, 0.05) is 13.1 Å². The van der Waals surface area contributed by atoms with E-state index in [0.717, 1.165) is 0 Å². The maximum atomic E-state index is 11.4. The van der Waals surface area contributed by atoms with Crippen LogP contribution < -0.4 is 0 Å². The van der Waals surface area contributed by atoms with E-state index in [0.29, 0.717) is 0 Å². The first-order chi connectivity index (χ1) is 7.49. The fraction of sp³-hybridized carbons (Fsp3) is 0.545. The van der Waals surface area contributed by atoms with E-state index in [1.165, 1.54) is 0 Å². The highest BCUT2D eigenvalue weighted by atomic mass is 16.5. The Bertz CT molecular complexity index is 372. The molecule has 0 N–H and O–H groups in total. The minimum Gasteiger partial charge on any atom is -0.462 e. The van der Waals surface area contributed by atoms with Gasteiger partial charge in [0.15, 0.2) is 5.57 Å². The van der Waals surface area contributed by atoms with Gasteiger partial charge in [0.05, 0.1) is 6.61 Å². The smallest absolute Gasteiger partial charge is 0.351 e. The van der Waals surface area contributed by atoms with Crippen LogP contribution in [0.1, 0.15) is 20.8 Å². The van der Waals surface area contributed by atoms with Gasteiger partial charge in [0.25, 0.3) is 0 Å². The molecule has 0 saturated carbocycles. The first kappa shape index (κ1) is 14.0. The van der Waals surface area contributed by atoms with E-state index in [2.05, 4.69) is 0 Å². The molecule has 0 heterocycles. The molecule has 86 valence electrons. The van der Waals surface area contributed by atoms with Crippen molar-refractivity contribution < 1.29 is 9.53 Å². The van der Waals surface area contributed by atoms with Gasteiger partial charge in [-0.15, -0.1) is 0 Å². The molecular weight excluding hydrogens is 206 g/mol. The Morgan fingerprint density at radius 2 is 1.94 bits per heavy atom. The highest BCUT2D eigenvalue weighted by Gasteiger charge is 2.20. The van der Waals surface area contributed by atoms with E-state index in [1.807, 2.05) is 19.9 Å². The van der Waals surface area contributed by atoms with Gasteiger partial charge in [-0.05, 0) is 20.8 Å². The molecule has 0 saturated heterocycles. The van der Waals surface area contributed by atoms with Gasteiger partial charge in [-0.25, -0.2) is 4.79 Å². The lowest BCUT2D eigenvalue weighted by molar-refractivity contribution is -0.138. The summed E-state index contributed by atoms with van der Waals surface area (Å²) in [7, 11) is 1.65. The first-order valence-electron chi connectivity index (χ1n) is 4.93. The molecule has 0 aliphatic carbocycles. The Morgan fingerprint density at radius 1 is 1.38 bits per heavy atom. The standard InChI is InChI=1S/C11H15N3O2/c1-5-16-11(15)9(6-12)10(7-13)14(4)8(2)3/h8H,5H2,1-4H3/b10-9-. The van der Waals surface area contributed by atoms with Crippen LogP contribution in [0.5, 0.6) is 0 Å². The van der Waals surface area contributed by atoms with Crippen molar-refractivity contribution in [2.45, 2.75) is 26.8 Å². The zero-order valence-electron chi connectivity index (χ0n) is 9.94. The third-order valence-corrected chi connectivity index (χ3v) is 2.06. The Hall–Kier alpha value is -2.01. The van der Waals surface area contributed by atoms with Gasteiger partial charge in [0.2, 0.25) is 0 Å². The van der Waals surface area contributed by atoms with Gasteiger partial charge < -0.3 is 9.64 Å². The summed E-state index contributed by atoms with van der Waals surface area (Å²) in [6.45, 7) is 5.54. The van der Waals surface area contributed by atoms with Crippen LogP contribution in [0, 0.1) is 22.7 Å². The van der Waals surface area contributed by atoms with E-state index in [-0.39, 0.29) is 23.9 Å². The summed E-state index contributed by atoms with van der Waals surface area (Å²) in [5, 5.41) is 17.8. The summed E-state index contributed by atoms with van der Waals surface area (Å²) in [6, 6.07) is 3.59. The molecule has 0 spiro atoms. The van der Waals surface area contributed by atoms with Crippen molar-refractivity contribution >= 4 is 5.97 Å². The molecule has 0 unspecified atom stereocenters. The topological polar surface area (TPSA) is 77.1 Å². The van der Waals surface area contributed by atoms with E-state index in [4.69, 9.17) is 15.3 Å². The Labute approximate surface area is 95.5 Å². The molecule has 0 aromatic carbocycles. The summed E-state index contributed by atoms with van der Waals surface area (Å²) in [5.41, 5.74) is -0.212. The van der Waals surface area contributed by atoms with Crippen LogP contribution in [0.25, 0.3) is 0 Å². The highest BCUT2D eigenvalue weighted by Crippen LogP contribution is 2.12. The molecule has 0 atom stereocenters. The monoisotopic (exact) mass is 221 g/mol. The van der Waals surface area contributed by atoms with Gasteiger partial charge in [0.1, 0.15) is 17.8 Å². The van der Waals surface area contributed by atoms with Crippen molar-refractivity contribution in [1.29, 1.82) is 10.5 Å². The summed E-state index contributed by atoms with van der Waals surface area (Å²) < 4.78 is 4.71. The van der Waals surface area contributed by atoms with Crippen molar-refractivity contribution in [2.75, 3.05) is 13.7 Å². The van der Waals surface area contributed by atoms with Crippen LogP contribution in [0.3, 0.4) is 0 Å². The number of carbonyl (C=O) groups excluding carboxylic acids is 1. The number of rotatable bonds is 4. The van der Waals surface area contributed by atoms with Crippen LogP contribution in [0.15, 0.2) is 11.3 Å². The maximum absolute atomic E-state index is 11.4. The predicted molar refractivity (Wildman–Crippen MR) is 57.8 cm³/mol. The van der Waals surface area contributed by atoms with Crippen LogP contribution in [0.4, 0.5) is 0 Å². The Balaban J connectivity index is 5.34. The quantitative estimate of drug-likeness (QED) is 0.405. The van der Waals surface area contributed by atoms with E-state index in [1.54, 1.807) is 24.9 Å². The largest absolute Gasteiger partial charge is 0.462 e. The predicted octanol–water partition coefficient (Wildman–Crippen LogP) is 1.19. The summed E-state index contributed by atoms with van der Waals surface area (Å²) >= 11 is 0. The second-order valence-electron chi connectivity index (χ2n) is 3.37. The number of hydrogen-bond acceptors (Lipinski definition) is 5. The lowest BCUT2D eigenvalue weighted by atomic mass is 10.2. The van der Waals surface area contributed by atoms with Gasteiger partial charge in [-0.3, -0.25) is 0 Å². The average molecular weight is 221 g/mol. The molecule has 0 aliphatic heterocycles. The number of esters is 1. The Morgan fingerprint density at radius 3 is 2.25 bits per heavy atom. The van der Waals surface area contributed by atoms with Crippen molar-refractivity contribution in [3.05, 3.63) is 11.3 Å². The zero-order chi connectivity index (χ0) is 12.7. The van der Waals surface area contributed by atoms with Crippen molar-refractivity contribution in [3.8, 4) is 12.1 Å². The maximum Gasteiger partial charge on any atom is 0.351 e. The second-order valence-corrected chi connectivity index (χ2v) is 3.37. The molecule has 0 radical (unpaired) electrons. The first-order valence-corrected chi connectivity index (χ1v) is 4.93. The Kier molecular flexibility index (Phi) is 5.66. The number of ether oxygens (including phenoxy) is 1. The number of allylic oxidation sites excluding steroid dienone is 1. The van der Waals surface area contributed by atoms with Crippen LogP contribution in [0.2, 0.25) is 0 Å². The molecule has 5 heteroatoms. The molecule has 0 fully saturated rings. The minimum absolute atomic E-state index is 0.0208. The van der Waals surface area contributed by atoms with E-state index < -0.39 is 5.97 Å². The zero-order valence-corrected chi connectivity index (χ0v) is 9.94. The van der Waals surface area contributed by atoms with Crippen molar-refractivity contribution in [3.63, 3.8) is 0 Å². The summed E-state index contributed by atoms with van der Waals surface area (Å²) in [5.74, 6) is -0.756. The third-order valence-electron chi connectivity index (χ3n) is 2.06. The number of hydrogen-bond donors (Lipinski definition) is 0. The normalized spacial score (nSPS) is 11.2. The fourth-order valence-corrected chi connectivity index (χ4v) is 0.968.